The van der Waals surface area contributed by atoms with Crippen molar-refractivity contribution in [3.05, 3.63) is 0 Å². The summed E-state index contributed by atoms with van der Waals surface area (Å²) in [6.45, 7) is -0.401. The number of methoxy groups -OCH3 is 1. The van der Waals surface area contributed by atoms with E-state index in [0.29, 0.717) is 0 Å². The molecule has 0 rings (SSSR count). The molecule has 0 saturated carbocycles. The molecule has 0 aromatic heterocycles. The lowest BCUT2D eigenvalue weighted by atomic mass is 10.7. The van der Waals surface area contributed by atoms with Gasteiger partial charge in [-0.2, -0.15) is 0 Å². The van der Waals surface area contributed by atoms with Gasteiger partial charge in [-0.05, 0) is 0 Å². The molecule has 6 nitrogen and oxygen atoms in total. The Morgan fingerprint density at radius 2 is 2.18 bits per heavy atom. The van der Waals surface area contributed by atoms with Crippen LogP contribution in [0.4, 0.5) is 4.79 Å². The summed E-state index contributed by atoms with van der Waals surface area (Å²) >= 11 is -2.59. The summed E-state index contributed by atoms with van der Waals surface area (Å²) in [5.74, 6) is -0.677. The Kier molecular flexibility index (Phi) is 4.39. The number of ether oxygens (including phenoxy) is 1. The number of hydrogen-bond donors (Lipinski definition) is 2. The lowest BCUT2D eigenvalue weighted by Gasteiger charge is -1.98. The Morgan fingerprint density at radius 3 is 2.55 bits per heavy atom. The molecule has 0 radical (unpaired) electrons. The maximum Gasteiger partial charge on any atom is 0.336 e. The molecule has 1 atom stereocenters. The van der Waals surface area contributed by atoms with E-state index in [4.69, 9.17) is 4.55 Å². The van der Waals surface area contributed by atoms with Crippen LogP contribution in [0.15, 0.2) is 0 Å². The van der Waals surface area contributed by atoms with Crippen molar-refractivity contribution in [3.63, 3.8) is 0 Å². The van der Waals surface area contributed by atoms with Gasteiger partial charge in [-0.3, -0.25) is 14.1 Å². The second-order valence-corrected chi connectivity index (χ2v) is 2.34. The summed E-state index contributed by atoms with van der Waals surface area (Å²) in [6.07, 6.45) is 0. The topological polar surface area (TPSA) is 92.7 Å². The molecule has 1 unspecified atom stereocenters. The number of carbonyl (C=O) groups is 2. The molecule has 0 aliphatic heterocycles. The predicted octanol–water partition coefficient (Wildman–Crippen LogP) is -0.909. The Bertz CT molecular complexity index is 191. The van der Waals surface area contributed by atoms with Gasteiger partial charge in [0.05, 0.1) is 7.11 Å². The van der Waals surface area contributed by atoms with Gasteiger partial charge in [0.15, 0.2) is 0 Å². The van der Waals surface area contributed by atoms with E-state index >= 15 is 0 Å². The van der Waals surface area contributed by atoms with Crippen molar-refractivity contribution in [2.45, 2.75) is 0 Å². The third-order valence-corrected chi connectivity index (χ3v) is 1.22. The van der Waals surface area contributed by atoms with Crippen molar-refractivity contribution < 1.29 is 23.1 Å². The molecule has 0 heterocycles. The average Bonchev–Trinajstić information content (AvgIpc) is 1.99. The van der Waals surface area contributed by atoms with Crippen molar-refractivity contribution in [2.75, 3.05) is 13.7 Å². The van der Waals surface area contributed by atoms with Crippen molar-refractivity contribution >= 4 is 22.3 Å². The molecule has 7 heteroatoms. The molecule has 0 aromatic rings. The van der Waals surface area contributed by atoms with E-state index in [1.54, 1.807) is 0 Å². The largest absolute Gasteiger partial charge is 0.468 e. The number of carbonyl (C=O) groups excluding carboxylic acids is 2. The van der Waals surface area contributed by atoms with E-state index in [1.807, 2.05) is 5.32 Å². The lowest BCUT2D eigenvalue weighted by Crippen LogP contribution is -2.31. The van der Waals surface area contributed by atoms with Crippen LogP contribution in [0.3, 0.4) is 0 Å². The second kappa shape index (κ2) is 4.80. The molecular weight excluding hydrogens is 174 g/mol. The first kappa shape index (κ1) is 10.0. The minimum Gasteiger partial charge on any atom is -0.468 e. The zero-order valence-corrected chi connectivity index (χ0v) is 6.51. The van der Waals surface area contributed by atoms with Crippen LogP contribution in [0, 0.1) is 0 Å². The van der Waals surface area contributed by atoms with Crippen LogP contribution >= 0.6 is 0 Å². The van der Waals surface area contributed by atoms with Crippen molar-refractivity contribution in [1.29, 1.82) is 0 Å². The molecule has 0 aliphatic carbocycles. The first-order chi connectivity index (χ1) is 5.07. The molecule has 0 aliphatic rings. The molecule has 0 spiro atoms. The van der Waals surface area contributed by atoms with E-state index in [0.717, 1.165) is 7.11 Å². The maximum atomic E-state index is 10.3. The summed E-state index contributed by atoms with van der Waals surface area (Å²) in [4.78, 5) is 20.6. The summed E-state index contributed by atoms with van der Waals surface area (Å²) in [5.41, 5.74) is 0. The molecule has 64 valence electrons. The van der Waals surface area contributed by atoms with Gasteiger partial charge in [0.1, 0.15) is 6.54 Å². The fourth-order valence-electron chi connectivity index (χ4n) is 0.278. The van der Waals surface area contributed by atoms with E-state index in [-0.39, 0.29) is 0 Å². The van der Waals surface area contributed by atoms with E-state index in [9.17, 15) is 13.8 Å². The summed E-state index contributed by atoms with van der Waals surface area (Å²) < 4.78 is 22.2. The van der Waals surface area contributed by atoms with Gasteiger partial charge in [-0.1, -0.05) is 0 Å². The Balaban J connectivity index is 3.63. The van der Waals surface area contributed by atoms with Crippen molar-refractivity contribution in [2.24, 2.45) is 0 Å². The SMILES string of the molecule is COC(=O)CNC(=O)S(=O)O. The van der Waals surface area contributed by atoms with Crippen molar-refractivity contribution in [3.8, 4) is 0 Å². The summed E-state index contributed by atoms with van der Waals surface area (Å²) in [6, 6.07) is 0. The number of esters is 1. The average molecular weight is 181 g/mol. The molecule has 11 heavy (non-hydrogen) atoms. The van der Waals surface area contributed by atoms with E-state index < -0.39 is 28.8 Å². The minimum atomic E-state index is -2.59. The highest BCUT2D eigenvalue weighted by Crippen LogP contribution is 1.77. The maximum absolute atomic E-state index is 10.3. The van der Waals surface area contributed by atoms with Crippen LogP contribution in [-0.4, -0.2) is 33.6 Å². The highest BCUT2D eigenvalue weighted by molar-refractivity contribution is 7.95. The predicted molar refractivity (Wildman–Crippen MR) is 36.2 cm³/mol. The number of nitrogens with one attached hydrogen (secondary N) is 1. The number of rotatable bonds is 2. The van der Waals surface area contributed by atoms with Gasteiger partial charge in [0, 0.05) is 0 Å². The smallest absolute Gasteiger partial charge is 0.336 e. The van der Waals surface area contributed by atoms with Crippen LogP contribution in [0.5, 0.6) is 0 Å². The van der Waals surface area contributed by atoms with Gasteiger partial charge in [-0.15, -0.1) is 0 Å². The third-order valence-electron chi connectivity index (χ3n) is 0.763. The normalized spacial score (nSPS) is 11.8. The van der Waals surface area contributed by atoms with Crippen LogP contribution in [-0.2, 0) is 20.6 Å². The summed E-state index contributed by atoms with van der Waals surface area (Å²) in [7, 11) is 1.14. The Labute approximate surface area is 65.2 Å². The van der Waals surface area contributed by atoms with Crippen LogP contribution in [0.2, 0.25) is 0 Å². The van der Waals surface area contributed by atoms with E-state index in [1.165, 1.54) is 0 Å². The van der Waals surface area contributed by atoms with Crippen LogP contribution in [0.25, 0.3) is 0 Å². The molecule has 1 amide bonds. The highest BCUT2D eigenvalue weighted by Gasteiger charge is 2.09. The molecule has 0 fully saturated rings. The molecule has 0 aromatic carbocycles. The zero-order chi connectivity index (χ0) is 8.85. The molecule has 0 saturated heterocycles. The highest BCUT2D eigenvalue weighted by atomic mass is 32.2. The van der Waals surface area contributed by atoms with Gasteiger partial charge in [0.25, 0.3) is 0 Å². The first-order valence-electron chi connectivity index (χ1n) is 2.53. The Morgan fingerprint density at radius 1 is 1.64 bits per heavy atom. The monoisotopic (exact) mass is 181 g/mol. The quantitative estimate of drug-likeness (QED) is 0.425. The fourth-order valence-corrected chi connectivity index (χ4v) is 0.474. The van der Waals surface area contributed by atoms with Gasteiger partial charge >= 0.3 is 11.2 Å². The molecular formula is C4H7NO5S. The third kappa shape index (κ3) is 4.45. The second-order valence-electron chi connectivity index (χ2n) is 1.47. The van der Waals surface area contributed by atoms with Gasteiger partial charge in [-0.25, -0.2) is 4.21 Å². The number of amides is 1. The Hall–Kier alpha value is -0.950. The fraction of sp³-hybridized carbons (Fsp3) is 0.500. The van der Waals surface area contributed by atoms with Crippen LogP contribution < -0.4 is 5.32 Å². The first-order valence-corrected chi connectivity index (χ1v) is 3.64. The standard InChI is InChI=1S/C4H7NO5S/c1-10-3(6)2-5-4(7)11(8)9/h2H2,1H3,(H,5,7)(H,8,9). The lowest BCUT2D eigenvalue weighted by molar-refractivity contribution is -0.139. The van der Waals surface area contributed by atoms with Crippen LogP contribution in [0.1, 0.15) is 0 Å². The zero-order valence-electron chi connectivity index (χ0n) is 5.70. The molecule has 2 N–H and O–H groups in total. The number of hydrogen-bond acceptors (Lipinski definition) is 4. The van der Waals surface area contributed by atoms with E-state index in [2.05, 4.69) is 4.74 Å². The molecule has 0 bridgehead atoms. The minimum absolute atomic E-state index is 0.401. The van der Waals surface area contributed by atoms with Crippen molar-refractivity contribution in [1.82, 2.24) is 5.32 Å². The summed E-state index contributed by atoms with van der Waals surface area (Å²) in [5, 5.41) is 0.754. The van der Waals surface area contributed by atoms with Gasteiger partial charge in [0.2, 0.25) is 11.1 Å². The van der Waals surface area contributed by atoms with Gasteiger partial charge < -0.3 is 10.1 Å².